The molecule has 0 heterocycles. The van der Waals surface area contributed by atoms with Gasteiger partial charge < -0.3 is 4.74 Å². The average molecular weight is 284 g/mol. The molecule has 0 saturated heterocycles. The standard InChI is InChI=1S/C18H36O2/c1-6-8-12-16(7-2)15-20-17(19)13-10-9-11-14-18(3,4)5/h16H,6-15H2,1-5H3. The summed E-state index contributed by atoms with van der Waals surface area (Å²) in [7, 11) is 0. The molecule has 0 saturated carbocycles. The molecule has 2 heteroatoms. The summed E-state index contributed by atoms with van der Waals surface area (Å²) in [6.07, 6.45) is 9.90. The molecule has 0 rings (SSSR count). The van der Waals surface area contributed by atoms with Crippen LogP contribution in [0.25, 0.3) is 0 Å². The highest BCUT2D eigenvalue weighted by Crippen LogP contribution is 2.22. The Labute approximate surface area is 126 Å². The second kappa shape index (κ2) is 11.2. The fraction of sp³-hybridized carbons (Fsp3) is 0.944. The first-order chi connectivity index (χ1) is 9.39. The Kier molecular flexibility index (Phi) is 10.9. The van der Waals surface area contributed by atoms with Crippen LogP contribution in [-0.4, -0.2) is 12.6 Å². The molecule has 0 fully saturated rings. The van der Waals surface area contributed by atoms with Crippen LogP contribution in [0.3, 0.4) is 0 Å². The monoisotopic (exact) mass is 284 g/mol. The van der Waals surface area contributed by atoms with E-state index in [0.29, 0.717) is 24.4 Å². The van der Waals surface area contributed by atoms with E-state index >= 15 is 0 Å². The van der Waals surface area contributed by atoms with Crippen molar-refractivity contribution in [1.29, 1.82) is 0 Å². The van der Waals surface area contributed by atoms with Gasteiger partial charge in [-0.1, -0.05) is 66.7 Å². The van der Waals surface area contributed by atoms with Crippen molar-refractivity contribution in [2.45, 2.75) is 92.4 Å². The maximum atomic E-state index is 11.7. The lowest BCUT2D eigenvalue weighted by Gasteiger charge is -2.17. The summed E-state index contributed by atoms with van der Waals surface area (Å²) in [5.74, 6) is 0.551. The highest BCUT2D eigenvalue weighted by atomic mass is 16.5. The summed E-state index contributed by atoms with van der Waals surface area (Å²) in [5, 5.41) is 0. The molecule has 0 aliphatic rings. The molecule has 0 amide bonds. The van der Waals surface area contributed by atoms with Gasteiger partial charge in [0.2, 0.25) is 0 Å². The zero-order valence-corrected chi connectivity index (χ0v) is 14.5. The number of ether oxygens (including phenoxy) is 1. The molecular formula is C18H36O2. The van der Waals surface area contributed by atoms with Gasteiger partial charge in [-0.05, 0) is 30.6 Å². The largest absolute Gasteiger partial charge is 0.465 e. The fourth-order valence-electron chi connectivity index (χ4n) is 2.28. The Morgan fingerprint density at radius 1 is 1.05 bits per heavy atom. The molecule has 0 aromatic heterocycles. The van der Waals surface area contributed by atoms with E-state index in [1.165, 1.54) is 32.1 Å². The normalized spacial score (nSPS) is 13.2. The molecule has 0 spiro atoms. The van der Waals surface area contributed by atoms with E-state index in [9.17, 15) is 4.79 Å². The van der Waals surface area contributed by atoms with Gasteiger partial charge in [-0.15, -0.1) is 0 Å². The van der Waals surface area contributed by atoms with Crippen LogP contribution >= 0.6 is 0 Å². The van der Waals surface area contributed by atoms with Gasteiger partial charge >= 0.3 is 5.97 Å². The number of carbonyl (C=O) groups is 1. The van der Waals surface area contributed by atoms with Crippen LogP contribution in [0, 0.1) is 11.3 Å². The van der Waals surface area contributed by atoms with Crippen molar-refractivity contribution >= 4 is 5.97 Å². The van der Waals surface area contributed by atoms with Crippen LogP contribution in [-0.2, 0) is 9.53 Å². The summed E-state index contributed by atoms with van der Waals surface area (Å²) < 4.78 is 5.40. The van der Waals surface area contributed by atoms with Crippen LogP contribution in [0.5, 0.6) is 0 Å². The van der Waals surface area contributed by atoms with Crippen molar-refractivity contribution in [3.63, 3.8) is 0 Å². The third-order valence-corrected chi connectivity index (χ3v) is 3.83. The van der Waals surface area contributed by atoms with Crippen LogP contribution < -0.4 is 0 Å². The minimum Gasteiger partial charge on any atom is -0.465 e. The van der Waals surface area contributed by atoms with Gasteiger partial charge in [0.15, 0.2) is 0 Å². The fourth-order valence-corrected chi connectivity index (χ4v) is 2.28. The Hall–Kier alpha value is -0.530. The van der Waals surface area contributed by atoms with E-state index in [0.717, 1.165) is 19.3 Å². The van der Waals surface area contributed by atoms with Gasteiger partial charge in [0, 0.05) is 6.42 Å². The maximum Gasteiger partial charge on any atom is 0.305 e. The average Bonchev–Trinajstić information content (AvgIpc) is 2.37. The molecule has 1 unspecified atom stereocenters. The molecule has 120 valence electrons. The SMILES string of the molecule is CCCCC(CC)COC(=O)CCCCCC(C)(C)C. The predicted octanol–water partition coefficient (Wildman–Crippen LogP) is 5.74. The summed E-state index contributed by atoms with van der Waals surface area (Å²) in [6.45, 7) is 11.8. The van der Waals surface area contributed by atoms with Crippen molar-refractivity contribution in [2.75, 3.05) is 6.61 Å². The maximum absolute atomic E-state index is 11.7. The Bertz CT molecular complexity index is 240. The second-order valence-electron chi connectivity index (χ2n) is 7.22. The predicted molar refractivity (Wildman–Crippen MR) is 86.8 cm³/mol. The lowest BCUT2D eigenvalue weighted by molar-refractivity contribution is -0.145. The molecule has 2 nitrogen and oxygen atoms in total. The zero-order valence-electron chi connectivity index (χ0n) is 14.5. The molecule has 0 bridgehead atoms. The third-order valence-electron chi connectivity index (χ3n) is 3.83. The molecule has 0 aromatic carbocycles. The number of hydrogen-bond acceptors (Lipinski definition) is 2. The van der Waals surface area contributed by atoms with E-state index in [2.05, 4.69) is 34.6 Å². The first-order valence-corrected chi connectivity index (χ1v) is 8.54. The Balaban J connectivity index is 3.58. The molecule has 20 heavy (non-hydrogen) atoms. The van der Waals surface area contributed by atoms with Gasteiger partial charge in [-0.2, -0.15) is 0 Å². The number of carbonyl (C=O) groups excluding carboxylic acids is 1. The van der Waals surface area contributed by atoms with E-state index in [1.54, 1.807) is 0 Å². The van der Waals surface area contributed by atoms with Gasteiger partial charge in [-0.25, -0.2) is 0 Å². The van der Waals surface area contributed by atoms with E-state index in [1.807, 2.05) is 0 Å². The minimum absolute atomic E-state index is 0.00397. The molecule has 1 atom stereocenters. The van der Waals surface area contributed by atoms with E-state index < -0.39 is 0 Å². The first kappa shape index (κ1) is 19.5. The molecule has 0 aliphatic carbocycles. The number of unbranched alkanes of at least 4 members (excludes halogenated alkanes) is 3. The van der Waals surface area contributed by atoms with Gasteiger partial charge in [-0.3, -0.25) is 4.79 Å². The molecular weight excluding hydrogens is 248 g/mol. The van der Waals surface area contributed by atoms with Crippen molar-refractivity contribution < 1.29 is 9.53 Å². The topological polar surface area (TPSA) is 26.3 Å². The molecule has 0 radical (unpaired) electrons. The summed E-state index contributed by atoms with van der Waals surface area (Å²) >= 11 is 0. The summed E-state index contributed by atoms with van der Waals surface area (Å²) in [6, 6.07) is 0. The lowest BCUT2D eigenvalue weighted by Crippen LogP contribution is -2.13. The third kappa shape index (κ3) is 12.5. The van der Waals surface area contributed by atoms with Gasteiger partial charge in [0.05, 0.1) is 6.61 Å². The van der Waals surface area contributed by atoms with Crippen LogP contribution in [0.2, 0.25) is 0 Å². The lowest BCUT2D eigenvalue weighted by atomic mass is 9.89. The van der Waals surface area contributed by atoms with Crippen molar-refractivity contribution in [3.8, 4) is 0 Å². The summed E-state index contributed by atoms with van der Waals surface area (Å²) in [5.41, 5.74) is 0.411. The van der Waals surface area contributed by atoms with Gasteiger partial charge in [0.25, 0.3) is 0 Å². The number of rotatable bonds is 11. The first-order valence-electron chi connectivity index (χ1n) is 8.54. The van der Waals surface area contributed by atoms with Crippen LogP contribution in [0.4, 0.5) is 0 Å². The van der Waals surface area contributed by atoms with E-state index in [-0.39, 0.29) is 5.97 Å². The van der Waals surface area contributed by atoms with Crippen LogP contribution in [0.1, 0.15) is 92.4 Å². The van der Waals surface area contributed by atoms with Crippen molar-refractivity contribution in [1.82, 2.24) is 0 Å². The highest BCUT2D eigenvalue weighted by molar-refractivity contribution is 5.69. The molecule has 0 N–H and O–H groups in total. The Morgan fingerprint density at radius 3 is 2.30 bits per heavy atom. The smallest absolute Gasteiger partial charge is 0.305 e. The molecule has 0 aromatic rings. The summed E-state index contributed by atoms with van der Waals surface area (Å²) in [4.78, 5) is 11.7. The Morgan fingerprint density at radius 2 is 1.75 bits per heavy atom. The molecule has 0 aliphatic heterocycles. The van der Waals surface area contributed by atoms with Gasteiger partial charge in [0.1, 0.15) is 0 Å². The van der Waals surface area contributed by atoms with Crippen molar-refractivity contribution in [2.24, 2.45) is 11.3 Å². The quantitative estimate of drug-likeness (QED) is 0.357. The highest BCUT2D eigenvalue weighted by Gasteiger charge is 2.11. The van der Waals surface area contributed by atoms with Crippen molar-refractivity contribution in [3.05, 3.63) is 0 Å². The number of hydrogen-bond donors (Lipinski definition) is 0. The zero-order chi connectivity index (χ0) is 15.4. The second-order valence-corrected chi connectivity index (χ2v) is 7.22. The number of esters is 1. The van der Waals surface area contributed by atoms with Crippen LogP contribution in [0.15, 0.2) is 0 Å². The minimum atomic E-state index is -0.00397. The van der Waals surface area contributed by atoms with E-state index in [4.69, 9.17) is 4.74 Å².